The molecule has 1 aliphatic rings. The molecule has 0 atom stereocenters. The summed E-state index contributed by atoms with van der Waals surface area (Å²) in [5.74, 6) is -0.554. The summed E-state index contributed by atoms with van der Waals surface area (Å²) in [6.07, 6.45) is 7.97. The van der Waals surface area contributed by atoms with E-state index in [9.17, 15) is 14.0 Å². The Morgan fingerprint density at radius 3 is 2.55 bits per heavy atom. The van der Waals surface area contributed by atoms with Crippen LogP contribution in [0.2, 0.25) is 0 Å². The molecule has 0 fully saturated rings. The monoisotopic (exact) mass is 401 g/mol. The second-order valence-corrected chi connectivity index (χ2v) is 6.36. The van der Waals surface area contributed by atoms with Gasteiger partial charge in [-0.2, -0.15) is 0 Å². The van der Waals surface area contributed by atoms with E-state index in [1.54, 1.807) is 30.1 Å². The molecule has 0 saturated heterocycles. The molecule has 0 aromatic heterocycles. The van der Waals surface area contributed by atoms with Gasteiger partial charge >= 0.3 is 5.97 Å². The van der Waals surface area contributed by atoms with Gasteiger partial charge in [0, 0.05) is 13.6 Å². The highest BCUT2D eigenvalue weighted by atomic mass is 19.1. The van der Waals surface area contributed by atoms with Crippen molar-refractivity contribution in [3.8, 4) is 0 Å². The number of allylic oxidation sites excluding steroid dienone is 5. The fraction of sp³-hybridized carbons (Fsp3) is 0.318. The van der Waals surface area contributed by atoms with E-state index in [1.165, 1.54) is 12.1 Å². The number of carbonyl (C=O) groups excluding carboxylic acids is 1. The number of hydrogen-bond acceptors (Lipinski definition) is 4. The van der Waals surface area contributed by atoms with Crippen LogP contribution in [-0.4, -0.2) is 48.2 Å². The molecule has 2 N–H and O–H groups in total. The molecule has 1 aromatic rings. The Balaban J connectivity index is 0.000000502. The van der Waals surface area contributed by atoms with Crippen molar-refractivity contribution in [3.63, 3.8) is 0 Å². The van der Waals surface area contributed by atoms with Crippen molar-refractivity contribution in [3.05, 3.63) is 71.3 Å². The van der Waals surface area contributed by atoms with E-state index >= 15 is 0 Å². The number of halogens is 1. The first-order chi connectivity index (χ1) is 13.9. The predicted molar refractivity (Wildman–Crippen MR) is 113 cm³/mol. The molecule has 0 aliphatic carbocycles. The van der Waals surface area contributed by atoms with Gasteiger partial charge in [-0.1, -0.05) is 36.4 Å². The molecular formula is C22H28FN3O3. The van der Waals surface area contributed by atoms with Crippen LogP contribution in [0.3, 0.4) is 0 Å². The Morgan fingerprint density at radius 1 is 1.34 bits per heavy atom. The SMILES string of the molecule is C/C=C\C=C(/C)C(=NC1=C(C=O)NCCC1)N(C)CC(=O)O.Fc1ccccc1. The first-order valence-corrected chi connectivity index (χ1v) is 9.33. The molecule has 0 bridgehead atoms. The van der Waals surface area contributed by atoms with E-state index in [1.807, 2.05) is 32.1 Å². The maximum atomic E-state index is 11.9. The lowest BCUT2D eigenvalue weighted by Crippen LogP contribution is -2.33. The van der Waals surface area contributed by atoms with Gasteiger partial charge < -0.3 is 15.3 Å². The number of amidine groups is 1. The largest absolute Gasteiger partial charge is 0.480 e. The molecule has 156 valence electrons. The number of carboxylic acid groups (broad SMARTS) is 1. The van der Waals surface area contributed by atoms with Gasteiger partial charge in [0.2, 0.25) is 0 Å². The smallest absolute Gasteiger partial charge is 0.323 e. The maximum Gasteiger partial charge on any atom is 0.323 e. The van der Waals surface area contributed by atoms with Crippen LogP contribution in [0.4, 0.5) is 4.39 Å². The van der Waals surface area contributed by atoms with Gasteiger partial charge in [0.25, 0.3) is 0 Å². The number of nitrogens with zero attached hydrogens (tertiary/aromatic N) is 2. The zero-order valence-electron chi connectivity index (χ0n) is 17.1. The zero-order valence-corrected chi connectivity index (χ0v) is 17.1. The minimum absolute atomic E-state index is 0.156. The summed E-state index contributed by atoms with van der Waals surface area (Å²) < 4.78 is 11.9. The van der Waals surface area contributed by atoms with Crippen LogP contribution in [0.1, 0.15) is 26.7 Å². The van der Waals surface area contributed by atoms with Gasteiger partial charge in [-0.05, 0) is 44.4 Å². The van der Waals surface area contributed by atoms with Gasteiger partial charge in [-0.25, -0.2) is 9.38 Å². The van der Waals surface area contributed by atoms with Crippen LogP contribution < -0.4 is 5.32 Å². The van der Waals surface area contributed by atoms with E-state index in [4.69, 9.17) is 5.11 Å². The van der Waals surface area contributed by atoms with Crippen LogP contribution in [-0.2, 0) is 9.59 Å². The molecule has 29 heavy (non-hydrogen) atoms. The van der Waals surface area contributed by atoms with Crippen LogP contribution in [0, 0.1) is 5.82 Å². The van der Waals surface area contributed by atoms with E-state index in [-0.39, 0.29) is 12.4 Å². The number of likely N-dealkylation sites (N-methyl/N-ethyl adjacent to an activating group) is 1. The quantitative estimate of drug-likeness (QED) is 0.330. The fourth-order valence-electron chi connectivity index (χ4n) is 2.55. The standard InChI is InChI=1S/C16H23N3O3.C6H5F/c1-4-5-7-12(2)16(19(3)10-15(21)22)18-13-8-6-9-17-14(13)11-20;7-6-4-2-1-3-5-6/h4-5,7,11,17H,6,8-10H2,1-3H3,(H,21,22);1-5H/b5-4-,12-7+,18-16?;. The predicted octanol–water partition coefficient (Wildman–Crippen LogP) is 3.54. The Morgan fingerprint density at radius 2 is 2.03 bits per heavy atom. The summed E-state index contributed by atoms with van der Waals surface area (Å²) in [5, 5.41) is 12.0. The summed E-state index contributed by atoms with van der Waals surface area (Å²) in [5.41, 5.74) is 1.98. The molecular weight excluding hydrogens is 373 g/mol. The third-order valence-corrected chi connectivity index (χ3v) is 3.93. The van der Waals surface area contributed by atoms with Crippen LogP contribution in [0.15, 0.2) is 70.5 Å². The summed E-state index contributed by atoms with van der Waals surface area (Å²) >= 11 is 0. The number of aldehydes is 1. The summed E-state index contributed by atoms with van der Waals surface area (Å²) in [6.45, 7) is 4.37. The van der Waals surface area contributed by atoms with Gasteiger partial charge in [0.05, 0.1) is 11.4 Å². The van der Waals surface area contributed by atoms with Crippen molar-refractivity contribution >= 4 is 18.1 Å². The number of rotatable bonds is 6. The Labute approximate surface area is 171 Å². The van der Waals surface area contributed by atoms with Gasteiger partial charge in [-0.3, -0.25) is 9.59 Å². The number of aliphatic carboxylic acids is 1. The van der Waals surface area contributed by atoms with E-state index in [0.717, 1.165) is 24.8 Å². The number of hydrogen-bond donors (Lipinski definition) is 2. The lowest BCUT2D eigenvalue weighted by Gasteiger charge is -2.22. The second-order valence-electron chi connectivity index (χ2n) is 6.36. The van der Waals surface area contributed by atoms with Crippen molar-refractivity contribution in [2.45, 2.75) is 26.7 Å². The molecule has 0 amide bonds. The van der Waals surface area contributed by atoms with Gasteiger partial charge in [0.1, 0.15) is 18.2 Å². The number of carbonyl (C=O) groups is 2. The second kappa shape index (κ2) is 13.0. The minimum atomic E-state index is -0.930. The fourth-order valence-corrected chi connectivity index (χ4v) is 2.55. The van der Waals surface area contributed by atoms with Gasteiger partial charge in [0.15, 0.2) is 6.29 Å². The molecule has 7 heteroatoms. The van der Waals surface area contributed by atoms with E-state index < -0.39 is 5.97 Å². The number of benzene rings is 1. The first-order valence-electron chi connectivity index (χ1n) is 9.33. The molecule has 2 rings (SSSR count). The molecule has 0 radical (unpaired) electrons. The molecule has 0 spiro atoms. The molecule has 0 saturated carbocycles. The normalized spacial score (nSPS) is 14.8. The zero-order chi connectivity index (χ0) is 21.6. The highest BCUT2D eigenvalue weighted by Crippen LogP contribution is 2.17. The van der Waals surface area contributed by atoms with E-state index in [2.05, 4.69) is 10.3 Å². The van der Waals surface area contributed by atoms with Crippen molar-refractivity contribution in [2.75, 3.05) is 20.1 Å². The van der Waals surface area contributed by atoms with Crippen LogP contribution >= 0.6 is 0 Å². The van der Waals surface area contributed by atoms with Crippen molar-refractivity contribution < 1.29 is 19.1 Å². The van der Waals surface area contributed by atoms with Crippen LogP contribution in [0.5, 0.6) is 0 Å². The minimum Gasteiger partial charge on any atom is -0.480 e. The lowest BCUT2D eigenvalue weighted by molar-refractivity contribution is -0.137. The molecule has 1 aromatic carbocycles. The van der Waals surface area contributed by atoms with Crippen molar-refractivity contribution in [1.29, 1.82) is 0 Å². The number of aliphatic imine (C=N–C) groups is 1. The number of carboxylic acids is 1. The number of nitrogens with one attached hydrogen (secondary N) is 1. The highest BCUT2D eigenvalue weighted by molar-refractivity contribution is 6.00. The summed E-state index contributed by atoms with van der Waals surface area (Å²) in [6, 6.07) is 7.94. The van der Waals surface area contributed by atoms with Crippen molar-refractivity contribution in [1.82, 2.24) is 10.2 Å². The van der Waals surface area contributed by atoms with Crippen molar-refractivity contribution in [2.24, 2.45) is 4.99 Å². The van der Waals surface area contributed by atoms with Gasteiger partial charge in [-0.15, -0.1) is 0 Å². The summed E-state index contributed by atoms with van der Waals surface area (Å²) in [4.78, 5) is 28.2. The average molecular weight is 401 g/mol. The Kier molecular flexibility index (Phi) is 10.7. The molecule has 1 aliphatic heterocycles. The average Bonchev–Trinajstić information content (AvgIpc) is 2.71. The third kappa shape index (κ3) is 9.01. The maximum absolute atomic E-state index is 11.9. The van der Waals surface area contributed by atoms with Crippen LogP contribution in [0.25, 0.3) is 0 Å². The molecule has 0 unspecified atom stereocenters. The topological polar surface area (TPSA) is 82.0 Å². The Bertz CT molecular complexity index is 799. The highest BCUT2D eigenvalue weighted by Gasteiger charge is 2.16. The third-order valence-electron chi connectivity index (χ3n) is 3.93. The summed E-state index contributed by atoms with van der Waals surface area (Å²) in [7, 11) is 1.68. The van der Waals surface area contributed by atoms with E-state index in [0.29, 0.717) is 23.7 Å². The molecule has 6 nitrogen and oxygen atoms in total. The lowest BCUT2D eigenvalue weighted by atomic mass is 10.1. The molecule has 1 heterocycles. The first kappa shape index (κ1) is 23.8. The Hall–Kier alpha value is -3.22.